The number of esters is 3. The van der Waals surface area contributed by atoms with Gasteiger partial charge < -0.3 is 14.2 Å². The predicted molar refractivity (Wildman–Crippen MR) is 334 cm³/mol. The van der Waals surface area contributed by atoms with E-state index in [1.807, 2.05) is 0 Å². The normalized spacial score (nSPS) is 13.0. The molecule has 0 amide bonds. The average molecular weight is 1070 g/mol. The van der Waals surface area contributed by atoms with Gasteiger partial charge in [-0.05, 0) is 116 Å². The lowest BCUT2D eigenvalue weighted by molar-refractivity contribution is -0.167. The molecule has 0 N–H and O–H groups in total. The Bertz CT molecular complexity index is 1650. The number of carbonyl (C=O) groups excluding carboxylic acids is 3. The highest BCUT2D eigenvalue weighted by molar-refractivity contribution is 5.71. The molecule has 6 heteroatoms. The van der Waals surface area contributed by atoms with Crippen molar-refractivity contribution in [1.29, 1.82) is 0 Å². The fraction of sp³-hybridized carbons (Fsp3) is 0.648. The van der Waals surface area contributed by atoms with Gasteiger partial charge in [0.25, 0.3) is 0 Å². The van der Waals surface area contributed by atoms with Gasteiger partial charge in [0.15, 0.2) is 6.10 Å². The Morgan fingerprint density at radius 3 is 0.792 bits per heavy atom. The van der Waals surface area contributed by atoms with Crippen molar-refractivity contribution in [2.45, 2.75) is 284 Å². The quantitative estimate of drug-likeness (QED) is 0.0261. The fourth-order valence-electron chi connectivity index (χ4n) is 8.47. The van der Waals surface area contributed by atoms with E-state index in [0.29, 0.717) is 19.3 Å². The molecule has 0 aliphatic carbocycles. The van der Waals surface area contributed by atoms with Gasteiger partial charge >= 0.3 is 17.9 Å². The average Bonchev–Trinajstić information content (AvgIpc) is 3.43. The first-order valence-electron chi connectivity index (χ1n) is 31.7. The van der Waals surface area contributed by atoms with E-state index in [4.69, 9.17) is 14.2 Å². The standard InChI is InChI=1S/C71H116O6/c1-4-7-10-13-16-19-21-23-25-26-27-28-29-30-31-32-33-34-35-36-37-38-39-40-41-42-43-44-46-47-49-52-55-58-61-64-70(73)76-67-68(66-75-69(72)63-60-57-54-51-18-15-12-9-6-3)77-71(74)65-62-59-56-53-50-48-45-24-22-20-17-14-11-8-5-2/h7-8,10-11,16-17,19-20,23-25,27-28,30-31,33-34,36-37,39-40,45,68H,4-6,9,12-15,18,21-22,26,29,32,35,38,41-44,46-67H2,1-3H3/b10-7-,11-8-,19-16-,20-17-,25-23-,28-27-,31-30-,34-33-,37-36-,40-39-,45-24-. The van der Waals surface area contributed by atoms with Crippen molar-refractivity contribution in [3.8, 4) is 0 Å². The maximum Gasteiger partial charge on any atom is 0.306 e. The number of rotatable bonds is 56. The first-order valence-corrected chi connectivity index (χ1v) is 31.7. The van der Waals surface area contributed by atoms with Gasteiger partial charge in [0, 0.05) is 19.3 Å². The Labute approximate surface area is 475 Å². The Balaban J connectivity index is 4.16. The molecule has 6 nitrogen and oxygen atoms in total. The molecule has 436 valence electrons. The molecule has 0 heterocycles. The van der Waals surface area contributed by atoms with Crippen LogP contribution < -0.4 is 0 Å². The van der Waals surface area contributed by atoms with Crippen molar-refractivity contribution in [2.24, 2.45) is 0 Å². The summed E-state index contributed by atoms with van der Waals surface area (Å²) in [6, 6.07) is 0. The van der Waals surface area contributed by atoms with Gasteiger partial charge in [-0.2, -0.15) is 0 Å². The molecular weight excluding hydrogens is 949 g/mol. The maximum absolute atomic E-state index is 12.8. The van der Waals surface area contributed by atoms with Gasteiger partial charge in [-0.15, -0.1) is 0 Å². The molecule has 0 saturated heterocycles. The highest BCUT2D eigenvalue weighted by Crippen LogP contribution is 2.15. The highest BCUT2D eigenvalue weighted by atomic mass is 16.6. The van der Waals surface area contributed by atoms with Crippen LogP contribution in [0, 0.1) is 0 Å². The summed E-state index contributed by atoms with van der Waals surface area (Å²) in [6.45, 7) is 6.38. The maximum atomic E-state index is 12.8. The van der Waals surface area contributed by atoms with Crippen molar-refractivity contribution in [1.82, 2.24) is 0 Å². The Hall–Kier alpha value is -4.45. The molecule has 0 aromatic rings. The van der Waals surface area contributed by atoms with Crippen LogP contribution in [0.5, 0.6) is 0 Å². The monoisotopic (exact) mass is 1060 g/mol. The van der Waals surface area contributed by atoms with Crippen molar-refractivity contribution < 1.29 is 28.6 Å². The molecule has 77 heavy (non-hydrogen) atoms. The third-order valence-corrected chi connectivity index (χ3v) is 13.2. The predicted octanol–water partition coefficient (Wildman–Crippen LogP) is 21.8. The molecule has 0 aliphatic heterocycles. The van der Waals surface area contributed by atoms with E-state index in [-0.39, 0.29) is 31.1 Å². The number of ether oxygens (including phenoxy) is 3. The van der Waals surface area contributed by atoms with Gasteiger partial charge in [0.05, 0.1) is 0 Å². The van der Waals surface area contributed by atoms with Crippen LogP contribution in [-0.2, 0) is 28.6 Å². The van der Waals surface area contributed by atoms with Crippen LogP contribution in [0.1, 0.15) is 278 Å². The zero-order valence-corrected chi connectivity index (χ0v) is 49.9. The third-order valence-electron chi connectivity index (χ3n) is 13.2. The van der Waals surface area contributed by atoms with Crippen LogP contribution in [0.4, 0.5) is 0 Å². The van der Waals surface area contributed by atoms with Crippen LogP contribution in [-0.4, -0.2) is 37.2 Å². The molecule has 0 radical (unpaired) electrons. The smallest absolute Gasteiger partial charge is 0.306 e. The number of allylic oxidation sites excluding steroid dienone is 22. The zero-order chi connectivity index (χ0) is 55.7. The Morgan fingerprint density at radius 1 is 0.273 bits per heavy atom. The van der Waals surface area contributed by atoms with Crippen LogP contribution in [0.2, 0.25) is 0 Å². The molecule has 0 aromatic carbocycles. The highest BCUT2D eigenvalue weighted by Gasteiger charge is 2.19. The number of unbranched alkanes of at least 4 members (excludes halogenated alkanes) is 23. The van der Waals surface area contributed by atoms with E-state index in [1.54, 1.807) is 0 Å². The zero-order valence-electron chi connectivity index (χ0n) is 49.9. The second kappa shape index (κ2) is 64.1. The third kappa shape index (κ3) is 62.3. The number of hydrogen-bond donors (Lipinski definition) is 0. The van der Waals surface area contributed by atoms with Crippen molar-refractivity contribution in [3.63, 3.8) is 0 Å². The van der Waals surface area contributed by atoms with Crippen LogP contribution in [0.3, 0.4) is 0 Å². The van der Waals surface area contributed by atoms with E-state index >= 15 is 0 Å². The molecule has 1 unspecified atom stereocenters. The first kappa shape index (κ1) is 72.5. The van der Waals surface area contributed by atoms with Gasteiger partial charge in [-0.25, -0.2) is 0 Å². The fourth-order valence-corrected chi connectivity index (χ4v) is 8.47. The molecule has 0 rings (SSSR count). The van der Waals surface area contributed by atoms with Gasteiger partial charge in [-0.3, -0.25) is 14.4 Å². The topological polar surface area (TPSA) is 78.9 Å². The largest absolute Gasteiger partial charge is 0.462 e. The summed E-state index contributed by atoms with van der Waals surface area (Å²) in [4.78, 5) is 38.1. The second-order valence-electron chi connectivity index (χ2n) is 20.6. The molecule has 0 bridgehead atoms. The van der Waals surface area contributed by atoms with Crippen LogP contribution >= 0.6 is 0 Å². The van der Waals surface area contributed by atoms with Gasteiger partial charge in [0.1, 0.15) is 13.2 Å². The molecule has 1 atom stereocenters. The summed E-state index contributed by atoms with van der Waals surface area (Å²) in [5.41, 5.74) is 0. The van der Waals surface area contributed by atoms with E-state index < -0.39 is 6.10 Å². The lowest BCUT2D eigenvalue weighted by atomic mass is 10.1. The molecular formula is C71H116O6. The van der Waals surface area contributed by atoms with Gasteiger partial charge in [-0.1, -0.05) is 276 Å². The SMILES string of the molecule is CC/C=C\C/C=C\C/C=C\C/C=C\C/C=C\C/C=C\C/C=C\C/C=C\CCCCCCCCCCCCC(=O)OCC(COC(=O)CCCCCCCCCCC)OC(=O)CCCCCCC/C=C\C/C=C\C/C=C\CC. The summed E-state index contributed by atoms with van der Waals surface area (Å²) in [5, 5.41) is 0. The summed E-state index contributed by atoms with van der Waals surface area (Å²) >= 11 is 0. The van der Waals surface area contributed by atoms with Crippen molar-refractivity contribution in [2.75, 3.05) is 13.2 Å². The van der Waals surface area contributed by atoms with E-state index in [2.05, 4.69) is 154 Å². The minimum atomic E-state index is -0.789. The first-order chi connectivity index (χ1) is 38.0. The Morgan fingerprint density at radius 2 is 0.506 bits per heavy atom. The minimum Gasteiger partial charge on any atom is -0.462 e. The summed E-state index contributed by atoms with van der Waals surface area (Å²) in [7, 11) is 0. The van der Waals surface area contributed by atoms with Crippen molar-refractivity contribution >= 4 is 17.9 Å². The lowest BCUT2D eigenvalue weighted by Crippen LogP contribution is -2.30. The Kier molecular flexibility index (Phi) is 60.4. The molecule has 0 saturated carbocycles. The van der Waals surface area contributed by atoms with E-state index in [9.17, 15) is 14.4 Å². The second-order valence-corrected chi connectivity index (χ2v) is 20.6. The van der Waals surface area contributed by atoms with Gasteiger partial charge in [0.2, 0.25) is 0 Å². The lowest BCUT2D eigenvalue weighted by Gasteiger charge is -2.18. The molecule has 0 aromatic heterocycles. The molecule has 0 fully saturated rings. The molecule has 0 spiro atoms. The van der Waals surface area contributed by atoms with E-state index in [1.165, 1.54) is 83.5 Å². The summed E-state index contributed by atoms with van der Waals surface area (Å²) in [6.07, 6.45) is 90.4. The minimum absolute atomic E-state index is 0.0866. The van der Waals surface area contributed by atoms with Crippen molar-refractivity contribution in [3.05, 3.63) is 134 Å². The van der Waals surface area contributed by atoms with Crippen LogP contribution in [0.25, 0.3) is 0 Å². The number of carbonyl (C=O) groups is 3. The summed E-state index contributed by atoms with van der Waals surface area (Å²) in [5.74, 6) is -0.911. The summed E-state index contributed by atoms with van der Waals surface area (Å²) < 4.78 is 16.8. The number of hydrogen-bond acceptors (Lipinski definition) is 6. The van der Waals surface area contributed by atoms with E-state index in [0.717, 1.165) is 154 Å². The van der Waals surface area contributed by atoms with Crippen LogP contribution in [0.15, 0.2) is 134 Å². The molecule has 0 aliphatic rings.